The summed E-state index contributed by atoms with van der Waals surface area (Å²) in [4.78, 5) is 24.5. The second kappa shape index (κ2) is 5.92. The summed E-state index contributed by atoms with van der Waals surface area (Å²) in [5.74, 6) is 0.299. The van der Waals surface area contributed by atoms with Crippen LogP contribution in [0.5, 0.6) is 11.5 Å². The monoisotopic (exact) mass is 310 g/mol. The highest BCUT2D eigenvalue weighted by atomic mass is 16.5. The smallest absolute Gasteiger partial charge is 0.282 e. The molecule has 1 aliphatic rings. The summed E-state index contributed by atoms with van der Waals surface area (Å²) in [6.07, 6.45) is 1.41. The second-order valence-electron chi connectivity index (χ2n) is 4.82. The molecular weight excluding hydrogens is 296 g/mol. The average Bonchev–Trinajstić information content (AvgIpc) is 2.84. The zero-order chi connectivity index (χ0) is 16.4. The van der Waals surface area contributed by atoms with E-state index in [9.17, 15) is 9.59 Å². The SMILES string of the molecule is COc1ccc(OC)c(/C=N/N2C(=O)c3ccccc3C2=O)c1. The molecule has 2 aromatic rings. The number of carbonyl (C=O) groups excluding carboxylic acids is 2. The number of hydrogen-bond donors (Lipinski definition) is 0. The van der Waals surface area contributed by atoms with Crippen molar-refractivity contribution >= 4 is 18.0 Å². The fraction of sp³-hybridized carbons (Fsp3) is 0.118. The third-order valence-electron chi connectivity index (χ3n) is 3.52. The number of carbonyl (C=O) groups is 2. The van der Waals surface area contributed by atoms with Gasteiger partial charge in [-0.1, -0.05) is 12.1 Å². The molecule has 0 unspecified atom stereocenters. The molecule has 0 bridgehead atoms. The van der Waals surface area contributed by atoms with Gasteiger partial charge in [-0.3, -0.25) is 9.59 Å². The van der Waals surface area contributed by atoms with Gasteiger partial charge in [-0.25, -0.2) is 0 Å². The van der Waals surface area contributed by atoms with Crippen molar-refractivity contribution in [1.82, 2.24) is 5.01 Å². The predicted molar refractivity (Wildman–Crippen MR) is 84.1 cm³/mol. The van der Waals surface area contributed by atoms with Crippen LogP contribution in [0.3, 0.4) is 0 Å². The summed E-state index contributed by atoms with van der Waals surface area (Å²) < 4.78 is 10.4. The van der Waals surface area contributed by atoms with E-state index in [2.05, 4.69) is 5.10 Å². The number of methoxy groups -OCH3 is 2. The van der Waals surface area contributed by atoms with Crippen molar-refractivity contribution in [2.75, 3.05) is 14.2 Å². The predicted octanol–water partition coefficient (Wildman–Crippen LogP) is 2.33. The van der Waals surface area contributed by atoms with E-state index >= 15 is 0 Å². The van der Waals surface area contributed by atoms with Crippen molar-refractivity contribution < 1.29 is 19.1 Å². The van der Waals surface area contributed by atoms with Gasteiger partial charge in [-0.15, -0.1) is 0 Å². The molecule has 1 aliphatic heterocycles. The number of imide groups is 1. The molecule has 23 heavy (non-hydrogen) atoms. The molecule has 1 heterocycles. The highest BCUT2D eigenvalue weighted by molar-refractivity contribution is 6.21. The lowest BCUT2D eigenvalue weighted by Crippen LogP contribution is -2.24. The molecule has 3 rings (SSSR count). The highest BCUT2D eigenvalue weighted by Gasteiger charge is 2.35. The summed E-state index contributed by atoms with van der Waals surface area (Å²) in [6, 6.07) is 11.8. The molecule has 0 spiro atoms. The first-order valence-corrected chi connectivity index (χ1v) is 6.89. The maximum Gasteiger partial charge on any atom is 0.282 e. The van der Waals surface area contributed by atoms with Gasteiger partial charge < -0.3 is 9.47 Å². The summed E-state index contributed by atoms with van der Waals surface area (Å²) in [5, 5.41) is 4.88. The summed E-state index contributed by atoms with van der Waals surface area (Å²) >= 11 is 0. The van der Waals surface area contributed by atoms with E-state index in [1.54, 1.807) is 49.6 Å². The van der Waals surface area contributed by atoms with Crippen LogP contribution >= 0.6 is 0 Å². The Morgan fingerprint density at radius 3 is 2.17 bits per heavy atom. The minimum atomic E-state index is -0.441. The van der Waals surface area contributed by atoms with E-state index < -0.39 is 11.8 Å². The molecule has 2 amide bonds. The van der Waals surface area contributed by atoms with E-state index in [-0.39, 0.29) is 0 Å². The molecule has 6 heteroatoms. The van der Waals surface area contributed by atoms with Crippen molar-refractivity contribution in [2.24, 2.45) is 5.10 Å². The first-order valence-electron chi connectivity index (χ1n) is 6.89. The third-order valence-corrected chi connectivity index (χ3v) is 3.52. The van der Waals surface area contributed by atoms with Crippen molar-refractivity contribution in [3.8, 4) is 11.5 Å². The molecule has 0 radical (unpaired) electrons. The Morgan fingerprint density at radius 1 is 0.957 bits per heavy atom. The lowest BCUT2D eigenvalue weighted by molar-refractivity contribution is 0.0660. The lowest BCUT2D eigenvalue weighted by atomic mass is 10.1. The first kappa shape index (κ1) is 14.8. The molecule has 2 aromatic carbocycles. The number of hydrogen-bond acceptors (Lipinski definition) is 5. The van der Waals surface area contributed by atoms with Crippen LogP contribution in [0.1, 0.15) is 26.3 Å². The van der Waals surface area contributed by atoms with Crippen LogP contribution < -0.4 is 9.47 Å². The maximum atomic E-state index is 12.2. The van der Waals surface area contributed by atoms with Gasteiger partial charge in [0.1, 0.15) is 11.5 Å². The molecule has 6 nitrogen and oxygen atoms in total. The number of fused-ring (bicyclic) bond motifs is 1. The van der Waals surface area contributed by atoms with Crippen molar-refractivity contribution in [3.63, 3.8) is 0 Å². The minimum absolute atomic E-state index is 0.354. The molecule has 0 atom stereocenters. The van der Waals surface area contributed by atoms with Gasteiger partial charge in [0.2, 0.25) is 0 Å². The van der Waals surface area contributed by atoms with Crippen molar-refractivity contribution in [3.05, 3.63) is 59.2 Å². The Balaban J connectivity index is 1.93. The maximum absolute atomic E-state index is 12.2. The molecule has 0 fully saturated rings. The number of benzene rings is 2. The molecule has 116 valence electrons. The fourth-order valence-corrected chi connectivity index (χ4v) is 2.34. The molecular formula is C17H14N2O4. The Kier molecular flexibility index (Phi) is 3.80. The van der Waals surface area contributed by atoms with Crippen LogP contribution in [0.4, 0.5) is 0 Å². The van der Waals surface area contributed by atoms with E-state index in [1.807, 2.05) is 0 Å². The van der Waals surface area contributed by atoms with Crippen LogP contribution in [0.15, 0.2) is 47.6 Å². The van der Waals surface area contributed by atoms with Gasteiger partial charge in [0.15, 0.2) is 0 Å². The molecule has 0 aromatic heterocycles. The quantitative estimate of drug-likeness (QED) is 0.642. The van der Waals surface area contributed by atoms with E-state index in [0.29, 0.717) is 28.2 Å². The van der Waals surface area contributed by atoms with Gasteiger partial charge in [0, 0.05) is 5.56 Å². The molecule has 0 N–H and O–H groups in total. The van der Waals surface area contributed by atoms with Crippen LogP contribution in [0.2, 0.25) is 0 Å². The lowest BCUT2D eigenvalue weighted by Gasteiger charge is -2.09. The zero-order valence-corrected chi connectivity index (χ0v) is 12.6. The number of amides is 2. The Labute approximate surface area is 132 Å². The van der Waals surface area contributed by atoms with Gasteiger partial charge >= 0.3 is 0 Å². The van der Waals surface area contributed by atoms with E-state index in [0.717, 1.165) is 5.01 Å². The van der Waals surface area contributed by atoms with Gasteiger partial charge in [-0.2, -0.15) is 10.1 Å². The highest BCUT2D eigenvalue weighted by Crippen LogP contribution is 2.25. The van der Waals surface area contributed by atoms with Crippen molar-refractivity contribution in [2.45, 2.75) is 0 Å². The summed E-state index contributed by atoms with van der Waals surface area (Å²) in [5.41, 5.74) is 1.31. The number of hydrazone groups is 1. The van der Waals surface area contributed by atoms with Crippen LogP contribution in [-0.2, 0) is 0 Å². The number of rotatable bonds is 4. The molecule has 0 saturated heterocycles. The normalized spacial score (nSPS) is 13.6. The van der Waals surface area contributed by atoms with Crippen LogP contribution in [0, 0.1) is 0 Å². The Bertz CT molecular complexity index is 779. The largest absolute Gasteiger partial charge is 0.497 e. The molecule has 0 aliphatic carbocycles. The van der Waals surface area contributed by atoms with Crippen molar-refractivity contribution in [1.29, 1.82) is 0 Å². The summed E-state index contributed by atoms with van der Waals surface area (Å²) in [7, 11) is 3.08. The van der Waals surface area contributed by atoms with Gasteiger partial charge in [0.05, 0.1) is 31.6 Å². The van der Waals surface area contributed by atoms with Gasteiger partial charge in [0.25, 0.3) is 11.8 Å². The fourth-order valence-electron chi connectivity index (χ4n) is 2.34. The average molecular weight is 310 g/mol. The number of ether oxygens (including phenoxy) is 2. The van der Waals surface area contributed by atoms with Crippen LogP contribution in [0.25, 0.3) is 0 Å². The Morgan fingerprint density at radius 2 is 1.61 bits per heavy atom. The van der Waals surface area contributed by atoms with E-state index in [4.69, 9.17) is 9.47 Å². The minimum Gasteiger partial charge on any atom is -0.497 e. The third kappa shape index (κ3) is 2.55. The standard InChI is InChI=1S/C17H14N2O4/c1-22-12-7-8-15(23-2)11(9-12)10-18-19-16(20)13-5-3-4-6-14(13)17(19)21/h3-10H,1-2H3/b18-10+. The van der Waals surface area contributed by atoms with Gasteiger partial charge in [-0.05, 0) is 30.3 Å². The number of nitrogens with zero attached hydrogens (tertiary/aromatic N) is 2. The zero-order valence-electron chi connectivity index (χ0n) is 12.6. The first-order chi connectivity index (χ1) is 11.2. The van der Waals surface area contributed by atoms with Crippen LogP contribution in [-0.4, -0.2) is 37.3 Å². The van der Waals surface area contributed by atoms with E-state index in [1.165, 1.54) is 13.3 Å². The molecule has 0 saturated carbocycles. The topological polar surface area (TPSA) is 68.2 Å². The summed E-state index contributed by atoms with van der Waals surface area (Å²) in [6.45, 7) is 0. The second-order valence-corrected chi connectivity index (χ2v) is 4.82. The Hall–Kier alpha value is -3.15.